The highest BCUT2D eigenvalue weighted by Crippen LogP contribution is 2.45. The number of aromatic nitrogens is 4. The number of carbonyl (C=O) groups excluding carboxylic acids is 2. The molecule has 2 aromatic rings. The second kappa shape index (κ2) is 7.63. The Morgan fingerprint density at radius 1 is 1.37 bits per heavy atom. The van der Waals surface area contributed by atoms with E-state index in [0.29, 0.717) is 12.2 Å². The van der Waals surface area contributed by atoms with Gasteiger partial charge in [0, 0.05) is 25.7 Å². The van der Waals surface area contributed by atoms with Crippen LogP contribution in [0.25, 0.3) is 0 Å². The first-order chi connectivity index (χ1) is 12.8. The normalized spacial score (nSPS) is 13.9. The Morgan fingerprint density at radius 3 is 2.63 bits per heavy atom. The summed E-state index contributed by atoms with van der Waals surface area (Å²) in [6, 6.07) is 0. The van der Waals surface area contributed by atoms with Crippen molar-refractivity contribution in [1.82, 2.24) is 24.9 Å². The van der Waals surface area contributed by atoms with E-state index in [1.165, 1.54) is 22.6 Å². The van der Waals surface area contributed by atoms with Crippen molar-refractivity contribution in [2.24, 2.45) is 0 Å². The number of aryl methyl sites for hydroxylation is 1. The molecule has 0 radical (unpaired) electrons. The standard InChI is InChI=1S/C16H19ClF2N6O2/c1-3-24-6-9(12(22-24)16(27)20-2)21-10(26)7-25-14(8-4-5-8)11(17)13(23-25)15(18)19/h6,8,15H,3-5,7H2,1-2H3,(H,20,27)(H,21,26). The van der Waals surface area contributed by atoms with Crippen molar-refractivity contribution < 1.29 is 18.4 Å². The van der Waals surface area contributed by atoms with Gasteiger partial charge in [0.2, 0.25) is 5.91 Å². The first-order valence-electron chi connectivity index (χ1n) is 8.49. The molecule has 1 saturated carbocycles. The maximum atomic E-state index is 13.1. The van der Waals surface area contributed by atoms with Gasteiger partial charge < -0.3 is 10.6 Å². The van der Waals surface area contributed by atoms with E-state index in [1.807, 2.05) is 6.92 Å². The van der Waals surface area contributed by atoms with Gasteiger partial charge in [-0.3, -0.25) is 19.0 Å². The lowest BCUT2D eigenvalue weighted by molar-refractivity contribution is -0.117. The molecule has 3 rings (SSSR count). The third kappa shape index (κ3) is 3.95. The van der Waals surface area contributed by atoms with Gasteiger partial charge in [-0.1, -0.05) is 11.6 Å². The number of carbonyl (C=O) groups is 2. The zero-order valence-corrected chi connectivity index (χ0v) is 15.6. The minimum absolute atomic E-state index is 0.0366. The predicted octanol–water partition coefficient (Wildman–Crippen LogP) is 2.57. The van der Waals surface area contributed by atoms with Crippen molar-refractivity contribution in [3.63, 3.8) is 0 Å². The molecule has 11 heteroatoms. The number of amides is 2. The second-order valence-corrected chi connectivity index (χ2v) is 6.57. The van der Waals surface area contributed by atoms with Crippen LogP contribution < -0.4 is 10.6 Å². The average Bonchev–Trinajstić information content (AvgIpc) is 3.29. The van der Waals surface area contributed by atoms with E-state index in [-0.39, 0.29) is 28.9 Å². The van der Waals surface area contributed by atoms with E-state index >= 15 is 0 Å². The highest BCUT2D eigenvalue weighted by atomic mass is 35.5. The number of rotatable bonds is 7. The van der Waals surface area contributed by atoms with Gasteiger partial charge in [0.05, 0.1) is 16.4 Å². The molecule has 2 aromatic heterocycles. The summed E-state index contributed by atoms with van der Waals surface area (Å²) in [7, 11) is 1.46. The fourth-order valence-corrected chi connectivity index (χ4v) is 3.14. The van der Waals surface area contributed by atoms with Gasteiger partial charge in [-0.15, -0.1) is 0 Å². The van der Waals surface area contributed by atoms with Gasteiger partial charge in [0.15, 0.2) is 5.69 Å². The molecule has 0 aliphatic heterocycles. The van der Waals surface area contributed by atoms with E-state index in [4.69, 9.17) is 11.6 Å². The molecule has 0 bridgehead atoms. The molecule has 146 valence electrons. The summed E-state index contributed by atoms with van der Waals surface area (Å²) in [6.45, 7) is 2.06. The second-order valence-electron chi connectivity index (χ2n) is 6.19. The third-order valence-electron chi connectivity index (χ3n) is 4.22. The van der Waals surface area contributed by atoms with Crippen LogP contribution in [0.5, 0.6) is 0 Å². The van der Waals surface area contributed by atoms with Gasteiger partial charge >= 0.3 is 0 Å². The average molecular weight is 401 g/mol. The molecule has 0 aromatic carbocycles. The summed E-state index contributed by atoms with van der Waals surface area (Å²) in [4.78, 5) is 24.4. The Labute approximate surface area is 158 Å². The van der Waals surface area contributed by atoms with Crippen LogP contribution in [-0.4, -0.2) is 38.4 Å². The van der Waals surface area contributed by atoms with Gasteiger partial charge in [0.25, 0.3) is 12.3 Å². The van der Waals surface area contributed by atoms with Crippen LogP contribution in [-0.2, 0) is 17.9 Å². The minimum Gasteiger partial charge on any atom is -0.354 e. The quantitative estimate of drug-likeness (QED) is 0.746. The highest BCUT2D eigenvalue weighted by Gasteiger charge is 2.34. The molecule has 27 heavy (non-hydrogen) atoms. The highest BCUT2D eigenvalue weighted by molar-refractivity contribution is 6.32. The van der Waals surface area contributed by atoms with Crippen LogP contribution in [0.4, 0.5) is 14.5 Å². The molecule has 1 aliphatic carbocycles. The zero-order chi connectivity index (χ0) is 19.7. The summed E-state index contributed by atoms with van der Waals surface area (Å²) in [5.74, 6) is -0.925. The fourth-order valence-electron chi connectivity index (χ4n) is 2.77. The van der Waals surface area contributed by atoms with Gasteiger partial charge in [0.1, 0.15) is 12.2 Å². The van der Waals surface area contributed by atoms with Crippen molar-refractivity contribution >= 4 is 29.1 Å². The third-order valence-corrected chi connectivity index (χ3v) is 4.61. The number of nitrogens with one attached hydrogen (secondary N) is 2. The summed E-state index contributed by atoms with van der Waals surface area (Å²) in [6.07, 6.45) is 0.354. The molecule has 2 N–H and O–H groups in total. The molecule has 8 nitrogen and oxygen atoms in total. The smallest absolute Gasteiger partial charge is 0.283 e. The molecule has 1 fully saturated rings. The van der Waals surface area contributed by atoms with Crippen molar-refractivity contribution in [3.05, 3.63) is 28.3 Å². The van der Waals surface area contributed by atoms with Crippen molar-refractivity contribution in [1.29, 1.82) is 0 Å². The Hall–Kier alpha value is -2.49. The molecule has 2 heterocycles. The summed E-state index contributed by atoms with van der Waals surface area (Å²) in [5, 5.41) is 12.9. The van der Waals surface area contributed by atoms with Gasteiger partial charge in [-0.25, -0.2) is 8.78 Å². The van der Waals surface area contributed by atoms with Crippen LogP contribution in [0, 0.1) is 0 Å². The van der Waals surface area contributed by atoms with Crippen molar-refractivity contribution in [2.45, 2.75) is 45.2 Å². The summed E-state index contributed by atoms with van der Waals surface area (Å²) < 4.78 is 28.9. The molecule has 2 amide bonds. The lowest BCUT2D eigenvalue weighted by Gasteiger charge is -2.08. The number of hydrogen-bond acceptors (Lipinski definition) is 4. The largest absolute Gasteiger partial charge is 0.354 e. The number of nitrogens with zero attached hydrogens (tertiary/aromatic N) is 4. The van der Waals surface area contributed by atoms with Gasteiger partial charge in [-0.05, 0) is 19.8 Å². The molecule has 0 saturated heterocycles. The first kappa shape index (κ1) is 19.3. The lowest BCUT2D eigenvalue weighted by Crippen LogP contribution is -2.24. The van der Waals surface area contributed by atoms with Crippen LogP contribution in [0.2, 0.25) is 5.02 Å². The molecular weight excluding hydrogens is 382 g/mol. The first-order valence-corrected chi connectivity index (χ1v) is 8.87. The van der Waals surface area contributed by atoms with E-state index in [0.717, 1.165) is 12.8 Å². The van der Waals surface area contributed by atoms with E-state index in [9.17, 15) is 18.4 Å². The van der Waals surface area contributed by atoms with Crippen molar-refractivity contribution in [3.8, 4) is 0 Å². The monoisotopic (exact) mass is 400 g/mol. The number of hydrogen-bond donors (Lipinski definition) is 2. The maximum Gasteiger partial charge on any atom is 0.283 e. The van der Waals surface area contributed by atoms with E-state index in [1.54, 1.807) is 0 Å². The maximum absolute atomic E-state index is 13.1. The molecular formula is C16H19ClF2N6O2. The Balaban J connectivity index is 1.82. The Kier molecular flexibility index (Phi) is 5.45. The number of anilines is 1. The molecule has 0 unspecified atom stereocenters. The van der Waals surface area contributed by atoms with E-state index in [2.05, 4.69) is 20.8 Å². The minimum atomic E-state index is -2.82. The van der Waals surface area contributed by atoms with Crippen LogP contribution in [0.3, 0.4) is 0 Å². The molecule has 0 atom stereocenters. The summed E-state index contributed by atoms with van der Waals surface area (Å²) >= 11 is 6.05. The van der Waals surface area contributed by atoms with Crippen LogP contribution in [0.1, 0.15) is 54.0 Å². The predicted molar refractivity (Wildman–Crippen MR) is 94.1 cm³/mol. The topological polar surface area (TPSA) is 93.8 Å². The van der Waals surface area contributed by atoms with Crippen LogP contribution in [0.15, 0.2) is 6.20 Å². The zero-order valence-electron chi connectivity index (χ0n) is 14.8. The SMILES string of the molecule is CCn1cc(NC(=O)Cn2nc(C(F)F)c(Cl)c2C2CC2)c(C(=O)NC)n1. The Bertz CT molecular complexity index is 875. The Morgan fingerprint density at radius 2 is 2.07 bits per heavy atom. The van der Waals surface area contributed by atoms with Crippen LogP contribution >= 0.6 is 11.6 Å². The van der Waals surface area contributed by atoms with Gasteiger partial charge in [-0.2, -0.15) is 10.2 Å². The summed E-state index contributed by atoms with van der Waals surface area (Å²) in [5.41, 5.74) is 0.248. The van der Waals surface area contributed by atoms with Crippen molar-refractivity contribution in [2.75, 3.05) is 12.4 Å². The fraction of sp³-hybridized carbons (Fsp3) is 0.500. The molecule has 0 spiro atoms. The number of alkyl halides is 2. The van der Waals surface area contributed by atoms with E-state index < -0.39 is 23.9 Å². The lowest BCUT2D eigenvalue weighted by atomic mass is 10.2. The molecule has 1 aliphatic rings. The number of halogens is 3.